The minimum atomic E-state index is -1.20. The third kappa shape index (κ3) is 2.42. The van der Waals surface area contributed by atoms with E-state index in [2.05, 4.69) is 6.92 Å². The van der Waals surface area contributed by atoms with E-state index in [1.807, 2.05) is 20.8 Å². The Morgan fingerprint density at radius 1 is 1.19 bits per heavy atom. The Labute approximate surface area is 100.0 Å². The molecule has 0 aromatic carbocycles. The molecule has 3 unspecified atom stereocenters. The van der Waals surface area contributed by atoms with Gasteiger partial charge in [-0.2, -0.15) is 0 Å². The Balaban J connectivity index is 2.93. The van der Waals surface area contributed by atoms with Crippen LogP contribution in [0.3, 0.4) is 0 Å². The molecule has 1 saturated carbocycles. The van der Waals surface area contributed by atoms with Gasteiger partial charge < -0.3 is 5.73 Å². The highest BCUT2D eigenvalue weighted by Crippen LogP contribution is 2.48. The molecule has 0 radical (unpaired) electrons. The predicted molar refractivity (Wildman–Crippen MR) is 68.1 cm³/mol. The van der Waals surface area contributed by atoms with Gasteiger partial charge in [-0.15, -0.1) is 0 Å². The van der Waals surface area contributed by atoms with Gasteiger partial charge in [-0.05, 0) is 23.7 Å². The minimum absolute atomic E-state index is 0.163. The molecule has 1 aliphatic rings. The van der Waals surface area contributed by atoms with Crippen LogP contribution in [0.2, 0.25) is 0 Å². The second kappa shape index (κ2) is 5.03. The van der Waals surface area contributed by atoms with Crippen LogP contribution in [-0.4, -0.2) is 12.2 Å². The third-order valence-corrected chi connectivity index (χ3v) is 4.57. The lowest BCUT2D eigenvalue weighted by atomic mass is 9.61. The van der Waals surface area contributed by atoms with Gasteiger partial charge in [0.15, 0.2) is 0 Å². The summed E-state index contributed by atoms with van der Waals surface area (Å²) in [6.07, 6.45) is 5.72. The lowest BCUT2D eigenvalue weighted by Crippen LogP contribution is -2.54. The molecule has 0 amide bonds. The Hall–Kier alpha value is -0.110. The Morgan fingerprint density at radius 2 is 1.75 bits per heavy atom. The molecule has 96 valence electrons. The van der Waals surface area contributed by atoms with Gasteiger partial charge in [0, 0.05) is 6.54 Å². The van der Waals surface area contributed by atoms with E-state index in [1.165, 1.54) is 19.3 Å². The van der Waals surface area contributed by atoms with Crippen LogP contribution >= 0.6 is 0 Å². The van der Waals surface area contributed by atoms with Crippen LogP contribution in [-0.2, 0) is 0 Å². The number of rotatable bonds is 3. The molecule has 0 spiro atoms. The quantitative estimate of drug-likeness (QED) is 0.780. The van der Waals surface area contributed by atoms with Gasteiger partial charge >= 0.3 is 0 Å². The topological polar surface area (TPSA) is 26.0 Å². The molecule has 0 saturated heterocycles. The van der Waals surface area contributed by atoms with E-state index in [1.54, 1.807) is 0 Å². The molecule has 0 bridgehead atoms. The van der Waals surface area contributed by atoms with Crippen LogP contribution in [0.1, 0.15) is 59.8 Å². The van der Waals surface area contributed by atoms with Gasteiger partial charge in [-0.1, -0.05) is 53.4 Å². The summed E-state index contributed by atoms with van der Waals surface area (Å²) in [7, 11) is 0. The molecular formula is C14H28FN. The zero-order valence-electron chi connectivity index (χ0n) is 11.4. The first-order chi connectivity index (χ1) is 7.36. The molecule has 3 atom stereocenters. The smallest absolute Gasteiger partial charge is 0.131 e. The van der Waals surface area contributed by atoms with Crippen molar-refractivity contribution in [3.8, 4) is 0 Å². The summed E-state index contributed by atoms with van der Waals surface area (Å²) < 4.78 is 15.2. The van der Waals surface area contributed by atoms with Crippen LogP contribution in [0, 0.1) is 17.3 Å². The minimum Gasteiger partial charge on any atom is -0.327 e. The molecule has 0 aliphatic heterocycles. The monoisotopic (exact) mass is 229 g/mol. The lowest BCUT2D eigenvalue weighted by Gasteiger charge is -2.47. The first-order valence-electron chi connectivity index (χ1n) is 6.75. The van der Waals surface area contributed by atoms with E-state index in [9.17, 15) is 0 Å². The average molecular weight is 229 g/mol. The van der Waals surface area contributed by atoms with Gasteiger partial charge in [0.2, 0.25) is 0 Å². The zero-order valence-corrected chi connectivity index (χ0v) is 11.4. The van der Waals surface area contributed by atoms with Crippen molar-refractivity contribution in [1.29, 1.82) is 0 Å². The fourth-order valence-corrected chi connectivity index (χ4v) is 3.31. The van der Waals surface area contributed by atoms with Gasteiger partial charge in [-0.25, -0.2) is 4.39 Å². The molecule has 1 rings (SSSR count). The summed E-state index contributed by atoms with van der Waals surface area (Å²) in [5.41, 5.74) is 4.22. The highest BCUT2D eigenvalue weighted by atomic mass is 19.1. The highest BCUT2D eigenvalue weighted by Gasteiger charge is 2.50. The van der Waals surface area contributed by atoms with Crippen LogP contribution in [0.5, 0.6) is 0 Å². The van der Waals surface area contributed by atoms with Crippen molar-refractivity contribution in [2.24, 2.45) is 23.0 Å². The van der Waals surface area contributed by atoms with Crippen LogP contribution < -0.4 is 5.73 Å². The van der Waals surface area contributed by atoms with Crippen molar-refractivity contribution in [2.75, 3.05) is 6.54 Å². The predicted octanol–water partition coefficient (Wildman–Crippen LogP) is 3.92. The summed E-state index contributed by atoms with van der Waals surface area (Å²) in [5, 5.41) is 0. The maximum atomic E-state index is 15.2. The number of hydrogen-bond donors (Lipinski definition) is 1. The molecule has 1 fully saturated rings. The molecule has 1 nitrogen and oxygen atoms in total. The van der Waals surface area contributed by atoms with E-state index in [0.717, 1.165) is 12.8 Å². The van der Waals surface area contributed by atoms with Crippen molar-refractivity contribution >= 4 is 0 Å². The maximum absolute atomic E-state index is 15.2. The molecule has 1 aliphatic carbocycles. The highest BCUT2D eigenvalue weighted by molar-refractivity contribution is 5.00. The van der Waals surface area contributed by atoms with Crippen LogP contribution in [0.15, 0.2) is 0 Å². The molecule has 0 aromatic rings. The van der Waals surface area contributed by atoms with Gasteiger partial charge in [-0.3, -0.25) is 0 Å². The summed E-state index contributed by atoms with van der Waals surface area (Å²) in [6, 6.07) is 0. The Morgan fingerprint density at radius 3 is 2.19 bits per heavy atom. The maximum Gasteiger partial charge on any atom is 0.131 e. The van der Waals surface area contributed by atoms with E-state index in [4.69, 9.17) is 5.73 Å². The van der Waals surface area contributed by atoms with E-state index < -0.39 is 5.67 Å². The molecule has 2 heteroatoms. The average Bonchev–Trinajstić information content (AvgIpc) is 2.26. The van der Waals surface area contributed by atoms with Crippen molar-refractivity contribution in [2.45, 2.75) is 65.5 Å². The second-order valence-electron chi connectivity index (χ2n) is 6.38. The molecule has 16 heavy (non-hydrogen) atoms. The van der Waals surface area contributed by atoms with Crippen molar-refractivity contribution < 1.29 is 4.39 Å². The number of nitrogens with two attached hydrogens (primary N) is 1. The van der Waals surface area contributed by atoms with Gasteiger partial charge in [0.1, 0.15) is 5.67 Å². The fraction of sp³-hybridized carbons (Fsp3) is 1.00. The molecular weight excluding hydrogens is 201 g/mol. The van der Waals surface area contributed by atoms with E-state index in [-0.39, 0.29) is 17.9 Å². The van der Waals surface area contributed by atoms with Crippen LogP contribution in [0.25, 0.3) is 0 Å². The second-order valence-corrected chi connectivity index (χ2v) is 6.38. The first-order valence-corrected chi connectivity index (χ1v) is 6.75. The standard InChI is InChI=1S/C14H28FN/c1-5-11-8-6-7-9-12(11)14(15,10-16)13(2,3)4/h11-12H,5-10,16H2,1-4H3. The van der Waals surface area contributed by atoms with Gasteiger partial charge in [0.05, 0.1) is 0 Å². The van der Waals surface area contributed by atoms with Crippen molar-refractivity contribution in [3.05, 3.63) is 0 Å². The first kappa shape index (κ1) is 14.0. The molecule has 0 aromatic heterocycles. The summed E-state index contributed by atoms with van der Waals surface area (Å²) in [6.45, 7) is 8.31. The number of hydrogen-bond acceptors (Lipinski definition) is 1. The van der Waals surface area contributed by atoms with Crippen molar-refractivity contribution in [3.63, 3.8) is 0 Å². The number of halogens is 1. The van der Waals surface area contributed by atoms with Crippen LogP contribution in [0.4, 0.5) is 4.39 Å². The van der Waals surface area contributed by atoms with E-state index >= 15 is 4.39 Å². The molecule has 0 heterocycles. The summed E-state index contributed by atoms with van der Waals surface area (Å²) >= 11 is 0. The largest absolute Gasteiger partial charge is 0.327 e. The van der Waals surface area contributed by atoms with Crippen molar-refractivity contribution in [1.82, 2.24) is 0 Å². The van der Waals surface area contributed by atoms with Gasteiger partial charge in [0.25, 0.3) is 0 Å². The summed E-state index contributed by atoms with van der Waals surface area (Å²) in [5.74, 6) is 0.692. The van der Waals surface area contributed by atoms with E-state index in [0.29, 0.717) is 5.92 Å². The summed E-state index contributed by atoms with van der Waals surface area (Å²) in [4.78, 5) is 0. The normalized spacial score (nSPS) is 31.1. The Kier molecular flexibility index (Phi) is 4.39. The fourth-order valence-electron chi connectivity index (χ4n) is 3.31. The lowest BCUT2D eigenvalue weighted by molar-refractivity contribution is -0.0588. The SMILES string of the molecule is CCC1CCCCC1C(F)(CN)C(C)(C)C. The molecule has 2 N–H and O–H groups in total. The third-order valence-electron chi connectivity index (χ3n) is 4.57. The number of alkyl halides is 1. The zero-order chi connectivity index (χ0) is 12.4. The Bertz CT molecular complexity index is 221.